The highest BCUT2D eigenvalue weighted by atomic mass is 35.5. The van der Waals surface area contributed by atoms with Crippen molar-refractivity contribution in [3.63, 3.8) is 0 Å². The van der Waals surface area contributed by atoms with Crippen molar-refractivity contribution in [2.45, 2.75) is 24.3 Å². The maximum atomic E-state index is 12.9. The molecule has 2 rings (SSSR count). The minimum atomic E-state index is -3.70. The van der Waals surface area contributed by atoms with Crippen molar-refractivity contribution in [1.29, 1.82) is 0 Å². The molecule has 6 heteroatoms. The van der Waals surface area contributed by atoms with Gasteiger partial charge in [0.1, 0.15) is 5.82 Å². The fourth-order valence-corrected chi connectivity index (χ4v) is 3.39. The van der Waals surface area contributed by atoms with Crippen molar-refractivity contribution in [1.82, 2.24) is 4.72 Å². The molecule has 1 N–H and O–H groups in total. The van der Waals surface area contributed by atoms with Crippen LogP contribution in [0.3, 0.4) is 0 Å². The van der Waals surface area contributed by atoms with Crippen LogP contribution in [0.15, 0.2) is 53.4 Å². The number of nitrogens with one attached hydrogen (secondary N) is 1. The van der Waals surface area contributed by atoms with E-state index in [1.165, 1.54) is 12.1 Å². The molecule has 0 spiro atoms. The van der Waals surface area contributed by atoms with Crippen LogP contribution < -0.4 is 4.72 Å². The van der Waals surface area contributed by atoms with Crippen molar-refractivity contribution in [2.75, 3.05) is 0 Å². The molecule has 0 amide bonds. The van der Waals surface area contributed by atoms with Gasteiger partial charge in [0.05, 0.1) is 4.90 Å². The van der Waals surface area contributed by atoms with Gasteiger partial charge in [-0.15, -0.1) is 0 Å². The number of benzene rings is 2. The summed E-state index contributed by atoms with van der Waals surface area (Å²) in [5, 5.41) is 0.593. The lowest BCUT2D eigenvalue weighted by Gasteiger charge is -2.17. The predicted molar refractivity (Wildman–Crippen MR) is 81.2 cm³/mol. The Balaban J connectivity index is 2.24. The van der Waals surface area contributed by atoms with Crippen LogP contribution in [-0.4, -0.2) is 8.42 Å². The molecule has 2 aromatic carbocycles. The molecule has 3 nitrogen and oxygen atoms in total. The summed E-state index contributed by atoms with van der Waals surface area (Å²) in [6, 6.07) is 11.4. The van der Waals surface area contributed by atoms with Crippen molar-refractivity contribution >= 4 is 21.6 Å². The zero-order chi connectivity index (χ0) is 15.5. The van der Waals surface area contributed by atoms with E-state index in [0.29, 0.717) is 11.4 Å². The number of hydrogen-bond donors (Lipinski definition) is 1. The van der Waals surface area contributed by atoms with Crippen LogP contribution in [0.25, 0.3) is 0 Å². The number of hydrogen-bond acceptors (Lipinski definition) is 2. The third-order valence-electron chi connectivity index (χ3n) is 3.10. The van der Waals surface area contributed by atoms with Gasteiger partial charge in [0, 0.05) is 11.1 Å². The molecule has 0 bridgehead atoms. The molecular formula is C15H15ClFNO2S. The van der Waals surface area contributed by atoms with Crippen molar-refractivity contribution in [3.05, 3.63) is 64.9 Å². The Labute approximate surface area is 128 Å². The Bertz CT molecular complexity index is 699. The molecule has 0 aliphatic rings. The van der Waals surface area contributed by atoms with Crippen LogP contribution in [0, 0.1) is 5.82 Å². The zero-order valence-corrected chi connectivity index (χ0v) is 13.0. The van der Waals surface area contributed by atoms with E-state index >= 15 is 0 Å². The number of rotatable bonds is 5. The third kappa shape index (κ3) is 4.03. The fraction of sp³-hybridized carbons (Fsp3) is 0.200. The molecule has 0 saturated carbocycles. The van der Waals surface area contributed by atoms with Crippen molar-refractivity contribution < 1.29 is 12.8 Å². The Morgan fingerprint density at radius 2 is 1.67 bits per heavy atom. The van der Waals surface area contributed by atoms with E-state index in [4.69, 9.17) is 11.6 Å². The summed E-state index contributed by atoms with van der Waals surface area (Å²) in [7, 11) is -3.70. The summed E-state index contributed by atoms with van der Waals surface area (Å²) in [4.78, 5) is 0.0383. The fourth-order valence-electron chi connectivity index (χ4n) is 1.95. The smallest absolute Gasteiger partial charge is 0.207 e. The van der Waals surface area contributed by atoms with Crippen LogP contribution in [0.5, 0.6) is 0 Å². The molecule has 0 radical (unpaired) electrons. The lowest BCUT2D eigenvalue weighted by molar-refractivity contribution is 0.549. The van der Waals surface area contributed by atoms with Gasteiger partial charge >= 0.3 is 0 Å². The summed E-state index contributed by atoms with van der Waals surface area (Å²) in [6.07, 6.45) is 0.585. The molecule has 0 unspecified atom stereocenters. The second-order valence-corrected chi connectivity index (χ2v) is 6.74. The van der Waals surface area contributed by atoms with E-state index in [9.17, 15) is 12.8 Å². The van der Waals surface area contributed by atoms with Gasteiger partial charge in [0.2, 0.25) is 10.0 Å². The first-order chi connectivity index (χ1) is 9.92. The highest BCUT2D eigenvalue weighted by Crippen LogP contribution is 2.22. The quantitative estimate of drug-likeness (QED) is 0.905. The molecular weight excluding hydrogens is 313 g/mol. The maximum Gasteiger partial charge on any atom is 0.241 e. The summed E-state index contributed by atoms with van der Waals surface area (Å²) in [5.41, 5.74) is 0.826. The SMILES string of the molecule is CC[C@H](NS(=O)(=O)c1ccc(F)cc1)c1ccc(Cl)cc1. The lowest BCUT2D eigenvalue weighted by atomic mass is 10.1. The molecule has 112 valence electrons. The normalized spacial score (nSPS) is 13.1. The first-order valence-corrected chi connectivity index (χ1v) is 8.32. The van der Waals surface area contributed by atoms with Gasteiger partial charge < -0.3 is 0 Å². The molecule has 21 heavy (non-hydrogen) atoms. The van der Waals surface area contributed by atoms with Crippen LogP contribution in [-0.2, 0) is 10.0 Å². The maximum absolute atomic E-state index is 12.9. The standard InChI is InChI=1S/C15H15ClFNO2S/c1-2-15(11-3-5-12(16)6-4-11)18-21(19,20)14-9-7-13(17)8-10-14/h3-10,15,18H,2H2,1H3/t15-/m0/s1. The van der Waals surface area contributed by atoms with Gasteiger partial charge in [-0.2, -0.15) is 0 Å². The van der Waals surface area contributed by atoms with Gasteiger partial charge in [0.25, 0.3) is 0 Å². The lowest BCUT2D eigenvalue weighted by Crippen LogP contribution is -2.28. The zero-order valence-electron chi connectivity index (χ0n) is 11.4. The van der Waals surface area contributed by atoms with Crippen LogP contribution >= 0.6 is 11.6 Å². The van der Waals surface area contributed by atoms with E-state index in [1.807, 2.05) is 6.92 Å². The molecule has 1 atom stereocenters. The Hall–Kier alpha value is -1.43. The van der Waals surface area contributed by atoms with E-state index < -0.39 is 15.8 Å². The van der Waals surface area contributed by atoms with Gasteiger partial charge in [-0.1, -0.05) is 30.7 Å². The highest BCUT2D eigenvalue weighted by molar-refractivity contribution is 7.89. The largest absolute Gasteiger partial charge is 0.241 e. The molecule has 0 heterocycles. The van der Waals surface area contributed by atoms with E-state index in [2.05, 4.69) is 4.72 Å². The first kappa shape index (κ1) is 15.9. The summed E-state index contributed by atoms with van der Waals surface area (Å²) >= 11 is 5.83. The Morgan fingerprint density at radius 1 is 1.10 bits per heavy atom. The third-order valence-corrected chi connectivity index (χ3v) is 4.84. The van der Waals surface area contributed by atoms with E-state index in [1.54, 1.807) is 24.3 Å². The molecule has 0 saturated heterocycles. The molecule has 0 fully saturated rings. The van der Waals surface area contributed by atoms with Crippen LogP contribution in [0.1, 0.15) is 24.9 Å². The van der Waals surface area contributed by atoms with Crippen molar-refractivity contribution in [2.24, 2.45) is 0 Å². The second-order valence-electron chi connectivity index (χ2n) is 4.59. The van der Waals surface area contributed by atoms with E-state index in [0.717, 1.165) is 17.7 Å². The number of sulfonamides is 1. The number of halogens is 2. The molecule has 0 aliphatic carbocycles. The molecule has 2 aromatic rings. The predicted octanol–water partition coefficient (Wildman–Crippen LogP) is 3.91. The Morgan fingerprint density at radius 3 is 2.19 bits per heavy atom. The minimum Gasteiger partial charge on any atom is -0.207 e. The van der Waals surface area contributed by atoms with Gasteiger partial charge in [-0.05, 0) is 48.4 Å². The summed E-state index contributed by atoms with van der Waals surface area (Å²) < 4.78 is 40.1. The monoisotopic (exact) mass is 327 g/mol. The summed E-state index contributed by atoms with van der Waals surface area (Å²) in [6.45, 7) is 1.88. The average Bonchev–Trinajstić information content (AvgIpc) is 2.46. The first-order valence-electron chi connectivity index (χ1n) is 6.45. The average molecular weight is 328 g/mol. The second kappa shape index (κ2) is 6.56. The summed E-state index contributed by atoms with van der Waals surface area (Å²) in [5.74, 6) is -0.473. The minimum absolute atomic E-state index is 0.0383. The van der Waals surface area contributed by atoms with Gasteiger partial charge in [-0.25, -0.2) is 17.5 Å². The molecule has 0 aliphatic heterocycles. The van der Waals surface area contributed by atoms with E-state index in [-0.39, 0.29) is 10.9 Å². The van der Waals surface area contributed by atoms with Gasteiger partial charge in [-0.3, -0.25) is 0 Å². The molecule has 0 aromatic heterocycles. The van der Waals surface area contributed by atoms with Crippen LogP contribution in [0.4, 0.5) is 4.39 Å². The topological polar surface area (TPSA) is 46.2 Å². The van der Waals surface area contributed by atoms with Gasteiger partial charge in [0.15, 0.2) is 0 Å². The van der Waals surface area contributed by atoms with Crippen LogP contribution in [0.2, 0.25) is 5.02 Å². The Kier molecular flexibility index (Phi) is 4.98. The highest BCUT2D eigenvalue weighted by Gasteiger charge is 2.20. The van der Waals surface area contributed by atoms with Crippen molar-refractivity contribution in [3.8, 4) is 0 Å².